The van der Waals surface area contributed by atoms with Crippen LogP contribution in [-0.4, -0.2) is 78.2 Å². The lowest BCUT2D eigenvalue weighted by Crippen LogP contribution is -2.60. The van der Waals surface area contributed by atoms with Gasteiger partial charge < -0.3 is 35.4 Å². The van der Waals surface area contributed by atoms with Crippen molar-refractivity contribution < 1.29 is 29.6 Å². The molecule has 8 atom stereocenters. The number of benzene rings is 1. The van der Waals surface area contributed by atoms with Crippen LogP contribution in [0.2, 0.25) is 0 Å². The minimum absolute atomic E-state index is 0.00228. The van der Waals surface area contributed by atoms with Gasteiger partial charge in [0.05, 0.1) is 12.7 Å². The van der Waals surface area contributed by atoms with E-state index >= 15 is 0 Å². The Labute approximate surface area is 335 Å². The van der Waals surface area contributed by atoms with Gasteiger partial charge in [-0.25, -0.2) is 0 Å². The van der Waals surface area contributed by atoms with Crippen LogP contribution in [0.15, 0.2) is 36.4 Å². The predicted molar refractivity (Wildman–Crippen MR) is 224 cm³/mol. The van der Waals surface area contributed by atoms with E-state index < -0.39 is 30.7 Å². The Balaban J connectivity index is 1.65. The molecule has 314 valence electrons. The molecule has 0 aliphatic carbocycles. The zero-order valence-electron chi connectivity index (χ0n) is 34.7. The molecule has 2 bridgehead atoms. The molecule has 3 heterocycles. The van der Waals surface area contributed by atoms with Gasteiger partial charge in [-0.1, -0.05) is 165 Å². The number of carbonyl (C=O) groups is 1. The van der Waals surface area contributed by atoms with E-state index in [0.29, 0.717) is 12.1 Å². The molecule has 3 aliphatic rings. The largest absolute Gasteiger partial charge is 0.388 e. The monoisotopic (exact) mass is 769 g/mol. The number of aliphatic hydroxyl groups is 3. The highest BCUT2D eigenvalue weighted by Crippen LogP contribution is 2.43. The third-order valence-electron chi connectivity index (χ3n) is 12.7. The van der Waals surface area contributed by atoms with Gasteiger partial charge in [0.25, 0.3) is 5.91 Å². The SMILES string of the molecule is CNC1C/C=C/CCCCCCCCCCCCC2CCCCCCCCCCCCCCCNC(=O)c3ccccc3C2C2OC(OC1)C(O)C(O)C2O. The maximum Gasteiger partial charge on any atom is 0.251 e. The number of allylic oxidation sites excluding steroid dienone is 1. The van der Waals surface area contributed by atoms with Gasteiger partial charge in [0.15, 0.2) is 6.29 Å². The molecule has 0 spiro atoms. The Morgan fingerprint density at radius 2 is 1.16 bits per heavy atom. The molecule has 8 nitrogen and oxygen atoms in total. The van der Waals surface area contributed by atoms with Crippen LogP contribution in [0.4, 0.5) is 0 Å². The van der Waals surface area contributed by atoms with Crippen LogP contribution >= 0.6 is 0 Å². The number of nitrogens with one attached hydrogen (secondary N) is 2. The molecule has 1 aromatic carbocycles. The van der Waals surface area contributed by atoms with E-state index in [2.05, 4.69) is 22.8 Å². The molecule has 0 aromatic heterocycles. The Morgan fingerprint density at radius 3 is 1.75 bits per heavy atom. The van der Waals surface area contributed by atoms with Crippen molar-refractivity contribution in [2.75, 3.05) is 20.2 Å². The van der Waals surface area contributed by atoms with Gasteiger partial charge in [-0.15, -0.1) is 0 Å². The first-order chi connectivity index (χ1) is 27.0. The van der Waals surface area contributed by atoms with Crippen molar-refractivity contribution in [2.24, 2.45) is 5.92 Å². The number of amides is 1. The quantitative estimate of drug-likeness (QED) is 0.181. The molecule has 55 heavy (non-hydrogen) atoms. The summed E-state index contributed by atoms with van der Waals surface area (Å²) in [4.78, 5) is 14.0. The standard InChI is InChI=1S/C47H80N2O6/c1-48-38-32-26-22-18-14-10-6-2-4-8-12-16-20-24-30-37-31-25-21-17-13-9-5-3-7-11-15-19-23-29-35-49-46(53)40-34-28-27-33-39(40)41(37)45-43(51)42(50)44(52)47(55-45)54-36-38/h22,26-28,33-34,37-38,41-45,47-48,50-52H,2-21,23-25,29-32,35-36H2,1H3,(H,49,53)/b26-22+. The fourth-order valence-electron chi connectivity index (χ4n) is 9.22. The van der Waals surface area contributed by atoms with E-state index in [1.807, 2.05) is 31.3 Å². The summed E-state index contributed by atoms with van der Waals surface area (Å²) in [5, 5.41) is 41.1. The molecule has 3 aliphatic heterocycles. The zero-order valence-corrected chi connectivity index (χ0v) is 34.7. The van der Waals surface area contributed by atoms with Crippen molar-refractivity contribution in [3.8, 4) is 0 Å². The second-order valence-electron chi connectivity index (χ2n) is 17.1. The molecular formula is C47H80N2O6. The van der Waals surface area contributed by atoms with E-state index in [1.165, 1.54) is 109 Å². The number of fused-ring (bicyclic) bond motifs is 6. The lowest BCUT2D eigenvalue weighted by atomic mass is 9.72. The summed E-state index contributed by atoms with van der Waals surface area (Å²) in [6, 6.07) is 7.83. The third-order valence-corrected chi connectivity index (χ3v) is 12.7. The van der Waals surface area contributed by atoms with Crippen LogP contribution in [-0.2, 0) is 9.47 Å². The number of carbonyl (C=O) groups excluding carboxylic acids is 1. The van der Waals surface area contributed by atoms with E-state index in [9.17, 15) is 20.1 Å². The first-order valence-corrected chi connectivity index (χ1v) is 23.0. The summed E-state index contributed by atoms with van der Waals surface area (Å²) in [5.41, 5.74) is 1.46. The second kappa shape index (κ2) is 27.8. The lowest BCUT2D eigenvalue weighted by molar-refractivity contribution is -0.303. The van der Waals surface area contributed by atoms with Crippen LogP contribution in [0, 0.1) is 5.92 Å². The molecule has 5 N–H and O–H groups in total. The molecule has 1 fully saturated rings. The molecule has 0 radical (unpaired) electrons. The van der Waals surface area contributed by atoms with Gasteiger partial charge in [-0.3, -0.25) is 4.79 Å². The average molecular weight is 769 g/mol. The number of hydrogen-bond donors (Lipinski definition) is 5. The number of aliphatic hydroxyl groups excluding tert-OH is 3. The van der Waals surface area contributed by atoms with E-state index in [4.69, 9.17) is 9.47 Å². The van der Waals surface area contributed by atoms with Crippen molar-refractivity contribution in [3.63, 3.8) is 0 Å². The molecule has 0 saturated carbocycles. The molecule has 8 heteroatoms. The predicted octanol–water partition coefficient (Wildman–Crippen LogP) is 9.64. The van der Waals surface area contributed by atoms with Crippen LogP contribution in [0.5, 0.6) is 0 Å². The first kappa shape index (κ1) is 45.9. The zero-order chi connectivity index (χ0) is 38.9. The summed E-state index contributed by atoms with van der Waals surface area (Å²) in [6.45, 7) is 0.914. The van der Waals surface area contributed by atoms with E-state index in [1.54, 1.807) is 0 Å². The van der Waals surface area contributed by atoms with Gasteiger partial charge in [0.1, 0.15) is 18.3 Å². The fourth-order valence-corrected chi connectivity index (χ4v) is 9.22. The molecule has 8 unspecified atom stereocenters. The molecule has 1 amide bonds. The van der Waals surface area contributed by atoms with Crippen molar-refractivity contribution in [1.29, 1.82) is 0 Å². The van der Waals surface area contributed by atoms with Gasteiger partial charge in [0, 0.05) is 24.1 Å². The highest BCUT2D eigenvalue weighted by Gasteiger charge is 2.49. The summed E-state index contributed by atoms with van der Waals surface area (Å²) in [6.07, 6.45) is 30.4. The normalized spacial score (nSPS) is 33.1. The maximum absolute atomic E-state index is 14.0. The summed E-state index contributed by atoms with van der Waals surface area (Å²) in [7, 11) is 1.91. The first-order valence-electron chi connectivity index (χ1n) is 23.0. The van der Waals surface area contributed by atoms with Crippen molar-refractivity contribution in [3.05, 3.63) is 47.5 Å². The number of ether oxygens (including phenoxy) is 2. The summed E-state index contributed by atoms with van der Waals surface area (Å²) in [5.74, 6) is -0.357. The fraction of sp³-hybridized carbons (Fsp3) is 0.809. The Bertz CT molecular complexity index is 1180. The second-order valence-corrected chi connectivity index (χ2v) is 17.1. The molecular weight excluding hydrogens is 689 g/mol. The van der Waals surface area contributed by atoms with Crippen molar-refractivity contribution in [2.45, 2.75) is 216 Å². The van der Waals surface area contributed by atoms with Gasteiger partial charge >= 0.3 is 0 Å². The van der Waals surface area contributed by atoms with E-state index in [0.717, 1.165) is 69.8 Å². The number of hydrogen-bond acceptors (Lipinski definition) is 7. The van der Waals surface area contributed by atoms with Crippen molar-refractivity contribution in [1.82, 2.24) is 10.6 Å². The topological polar surface area (TPSA) is 120 Å². The van der Waals surface area contributed by atoms with Crippen molar-refractivity contribution >= 4 is 5.91 Å². The Hall–Kier alpha value is -1.81. The number of rotatable bonds is 1. The minimum atomic E-state index is -1.45. The van der Waals surface area contributed by atoms with Gasteiger partial charge in [0.2, 0.25) is 0 Å². The van der Waals surface area contributed by atoms with Crippen LogP contribution in [0.25, 0.3) is 0 Å². The third kappa shape index (κ3) is 16.5. The molecule has 4 rings (SSSR count). The Morgan fingerprint density at radius 1 is 0.636 bits per heavy atom. The van der Waals surface area contributed by atoms with Crippen LogP contribution < -0.4 is 10.6 Å². The van der Waals surface area contributed by atoms with Crippen LogP contribution in [0.3, 0.4) is 0 Å². The molecule has 1 saturated heterocycles. The molecule has 1 aromatic rings. The lowest BCUT2D eigenvalue weighted by Gasteiger charge is -2.46. The highest BCUT2D eigenvalue weighted by atomic mass is 16.7. The van der Waals surface area contributed by atoms with Gasteiger partial charge in [-0.05, 0) is 63.1 Å². The number of likely N-dealkylation sites (N-methyl/N-ethyl adjacent to an activating group) is 1. The highest BCUT2D eigenvalue weighted by molar-refractivity contribution is 5.95. The summed E-state index contributed by atoms with van der Waals surface area (Å²) < 4.78 is 13.0. The Kier molecular flexibility index (Phi) is 23.2. The van der Waals surface area contributed by atoms with Gasteiger partial charge in [-0.2, -0.15) is 0 Å². The van der Waals surface area contributed by atoms with E-state index in [-0.39, 0.29) is 30.4 Å². The van der Waals surface area contributed by atoms with Crippen LogP contribution in [0.1, 0.15) is 195 Å². The smallest absolute Gasteiger partial charge is 0.251 e. The summed E-state index contributed by atoms with van der Waals surface area (Å²) >= 11 is 0. The maximum atomic E-state index is 14.0. The minimum Gasteiger partial charge on any atom is -0.388 e. The average Bonchev–Trinajstić information content (AvgIpc) is 3.19.